The average Bonchev–Trinajstić information content (AvgIpc) is 2.59. The van der Waals surface area contributed by atoms with Gasteiger partial charge < -0.3 is 9.47 Å². The smallest absolute Gasteiger partial charge is 0.170 e. The van der Waals surface area contributed by atoms with Crippen LogP contribution in [0.4, 0.5) is 0 Å². The molecule has 0 radical (unpaired) electrons. The number of nitrogens with zero attached hydrogens (tertiary/aromatic N) is 1. The zero-order valence-corrected chi connectivity index (χ0v) is 7.79. The van der Waals surface area contributed by atoms with E-state index < -0.39 is 0 Å². The molecule has 2 aliphatic rings. The van der Waals surface area contributed by atoms with E-state index in [-0.39, 0.29) is 5.79 Å². The van der Waals surface area contributed by atoms with Crippen LogP contribution in [0, 0.1) is 12.3 Å². The third-order valence-electron chi connectivity index (χ3n) is 2.75. The van der Waals surface area contributed by atoms with Crippen LogP contribution in [0.25, 0.3) is 0 Å². The molecule has 72 valence electrons. The highest BCUT2D eigenvalue weighted by molar-refractivity contribution is 4.91. The van der Waals surface area contributed by atoms with Crippen LogP contribution in [0.5, 0.6) is 0 Å². The van der Waals surface area contributed by atoms with Crippen molar-refractivity contribution in [2.75, 3.05) is 32.8 Å². The molecule has 2 saturated heterocycles. The Morgan fingerprint density at radius 1 is 1.23 bits per heavy atom. The molecule has 3 nitrogen and oxygen atoms in total. The highest BCUT2D eigenvalue weighted by Gasteiger charge is 2.39. The van der Waals surface area contributed by atoms with Crippen molar-refractivity contribution in [2.24, 2.45) is 0 Å². The van der Waals surface area contributed by atoms with E-state index >= 15 is 0 Å². The van der Waals surface area contributed by atoms with Crippen LogP contribution in [0.1, 0.15) is 12.8 Å². The molecule has 0 bridgehead atoms. The maximum absolute atomic E-state index is 5.61. The van der Waals surface area contributed by atoms with Gasteiger partial charge in [0.15, 0.2) is 5.79 Å². The van der Waals surface area contributed by atoms with Gasteiger partial charge in [0.1, 0.15) is 0 Å². The van der Waals surface area contributed by atoms with E-state index in [1.807, 2.05) is 0 Å². The molecule has 0 aromatic rings. The molecule has 0 amide bonds. The maximum atomic E-state index is 5.61. The van der Waals surface area contributed by atoms with Gasteiger partial charge in [-0.25, -0.2) is 0 Å². The first-order chi connectivity index (χ1) is 6.35. The lowest BCUT2D eigenvalue weighted by molar-refractivity contribution is -0.184. The number of ether oxygens (including phenoxy) is 2. The monoisotopic (exact) mass is 181 g/mol. The van der Waals surface area contributed by atoms with E-state index in [1.54, 1.807) is 0 Å². The second-order valence-electron chi connectivity index (χ2n) is 3.59. The van der Waals surface area contributed by atoms with E-state index in [4.69, 9.17) is 15.9 Å². The molecule has 1 spiro atoms. The van der Waals surface area contributed by atoms with Gasteiger partial charge in [-0.05, 0) is 0 Å². The van der Waals surface area contributed by atoms with Crippen molar-refractivity contribution in [2.45, 2.75) is 18.6 Å². The lowest BCUT2D eigenvalue weighted by atomic mass is 10.0. The topological polar surface area (TPSA) is 21.7 Å². The summed E-state index contributed by atoms with van der Waals surface area (Å²) in [5.74, 6) is 2.40. The van der Waals surface area contributed by atoms with Gasteiger partial charge in [-0.3, -0.25) is 4.90 Å². The standard InChI is InChI=1S/C10H15NO2/c1-2-5-11-6-3-10(4-7-11)12-8-9-13-10/h1H,3-9H2. The molecule has 0 unspecified atom stereocenters. The zero-order chi connectivity index (χ0) is 9.15. The van der Waals surface area contributed by atoms with Crippen molar-refractivity contribution in [1.29, 1.82) is 0 Å². The number of hydrogen-bond acceptors (Lipinski definition) is 3. The first-order valence-corrected chi connectivity index (χ1v) is 4.78. The Bertz CT molecular complexity index is 205. The molecule has 0 aromatic heterocycles. The number of hydrogen-bond donors (Lipinski definition) is 0. The minimum atomic E-state index is -0.259. The van der Waals surface area contributed by atoms with Gasteiger partial charge in [0.05, 0.1) is 19.8 Å². The summed E-state index contributed by atoms with van der Waals surface area (Å²) in [6.07, 6.45) is 7.16. The number of likely N-dealkylation sites (tertiary alicyclic amines) is 1. The van der Waals surface area contributed by atoms with E-state index in [1.165, 1.54) is 0 Å². The summed E-state index contributed by atoms with van der Waals surface area (Å²) in [5, 5.41) is 0. The van der Waals surface area contributed by atoms with Crippen LogP contribution >= 0.6 is 0 Å². The molecule has 2 fully saturated rings. The summed E-state index contributed by atoms with van der Waals surface area (Å²) < 4.78 is 11.2. The molecular formula is C10H15NO2. The van der Waals surface area contributed by atoms with E-state index in [0.29, 0.717) is 0 Å². The normalized spacial score (nSPS) is 27.6. The molecule has 2 aliphatic heterocycles. The molecule has 0 aromatic carbocycles. The van der Waals surface area contributed by atoms with Crippen molar-refractivity contribution in [3.63, 3.8) is 0 Å². The first kappa shape index (κ1) is 9.01. The summed E-state index contributed by atoms with van der Waals surface area (Å²) in [5.41, 5.74) is 0. The highest BCUT2D eigenvalue weighted by atomic mass is 16.7. The maximum Gasteiger partial charge on any atom is 0.170 e. The van der Waals surface area contributed by atoms with Crippen LogP contribution in [0.15, 0.2) is 0 Å². The molecule has 0 N–H and O–H groups in total. The fourth-order valence-corrected chi connectivity index (χ4v) is 1.97. The molecule has 2 heterocycles. The molecule has 0 aliphatic carbocycles. The molecule has 0 saturated carbocycles. The Hall–Kier alpha value is -0.560. The minimum absolute atomic E-state index is 0.259. The van der Waals surface area contributed by atoms with E-state index in [2.05, 4.69) is 10.8 Å². The lowest BCUT2D eigenvalue weighted by Crippen LogP contribution is -2.45. The summed E-state index contributed by atoms with van der Waals surface area (Å²) in [4.78, 5) is 2.26. The van der Waals surface area contributed by atoms with Gasteiger partial charge in [-0.15, -0.1) is 6.42 Å². The Kier molecular flexibility index (Phi) is 2.54. The van der Waals surface area contributed by atoms with Crippen molar-refractivity contribution in [3.05, 3.63) is 0 Å². The Morgan fingerprint density at radius 2 is 1.85 bits per heavy atom. The second-order valence-corrected chi connectivity index (χ2v) is 3.59. The minimum Gasteiger partial charge on any atom is -0.347 e. The van der Waals surface area contributed by atoms with Gasteiger partial charge in [-0.1, -0.05) is 5.92 Å². The summed E-state index contributed by atoms with van der Waals surface area (Å²) in [6, 6.07) is 0. The first-order valence-electron chi connectivity index (χ1n) is 4.78. The Labute approximate surface area is 79.0 Å². The van der Waals surface area contributed by atoms with E-state index in [9.17, 15) is 0 Å². The van der Waals surface area contributed by atoms with Crippen LogP contribution in [0.2, 0.25) is 0 Å². The summed E-state index contributed by atoms with van der Waals surface area (Å²) >= 11 is 0. The third kappa shape index (κ3) is 1.86. The van der Waals surface area contributed by atoms with Crippen molar-refractivity contribution < 1.29 is 9.47 Å². The number of piperidine rings is 1. The van der Waals surface area contributed by atoms with Crippen molar-refractivity contribution >= 4 is 0 Å². The van der Waals surface area contributed by atoms with Crippen LogP contribution in [-0.2, 0) is 9.47 Å². The van der Waals surface area contributed by atoms with Crippen LogP contribution in [-0.4, -0.2) is 43.5 Å². The van der Waals surface area contributed by atoms with E-state index in [0.717, 1.165) is 45.7 Å². The predicted octanol–water partition coefficient (Wildman–Crippen LogP) is 0.459. The summed E-state index contributed by atoms with van der Waals surface area (Å²) in [6.45, 7) is 4.22. The second kappa shape index (κ2) is 3.67. The zero-order valence-electron chi connectivity index (χ0n) is 7.79. The van der Waals surface area contributed by atoms with Gasteiger partial charge in [0.25, 0.3) is 0 Å². The molecule has 2 rings (SSSR count). The van der Waals surface area contributed by atoms with Gasteiger partial charge >= 0.3 is 0 Å². The highest BCUT2D eigenvalue weighted by Crippen LogP contribution is 2.30. The quantitative estimate of drug-likeness (QED) is 0.548. The third-order valence-corrected chi connectivity index (χ3v) is 2.75. The lowest BCUT2D eigenvalue weighted by Gasteiger charge is -2.36. The fraction of sp³-hybridized carbons (Fsp3) is 0.800. The molecular weight excluding hydrogens is 166 g/mol. The molecule has 0 atom stereocenters. The molecule has 3 heteroatoms. The van der Waals surface area contributed by atoms with Gasteiger partial charge in [0.2, 0.25) is 0 Å². The van der Waals surface area contributed by atoms with Crippen molar-refractivity contribution in [1.82, 2.24) is 4.90 Å². The molecule has 13 heavy (non-hydrogen) atoms. The predicted molar refractivity (Wildman–Crippen MR) is 49.1 cm³/mol. The van der Waals surface area contributed by atoms with Crippen LogP contribution < -0.4 is 0 Å². The number of terminal acetylenes is 1. The average molecular weight is 181 g/mol. The van der Waals surface area contributed by atoms with Crippen molar-refractivity contribution in [3.8, 4) is 12.3 Å². The fourth-order valence-electron chi connectivity index (χ4n) is 1.97. The van der Waals surface area contributed by atoms with Gasteiger partial charge in [-0.2, -0.15) is 0 Å². The van der Waals surface area contributed by atoms with Crippen LogP contribution in [0.3, 0.4) is 0 Å². The number of rotatable bonds is 1. The Balaban J connectivity index is 1.85. The Morgan fingerprint density at radius 3 is 2.38 bits per heavy atom. The summed E-state index contributed by atoms with van der Waals surface area (Å²) in [7, 11) is 0. The SMILES string of the molecule is C#CCN1CCC2(CC1)OCCO2. The largest absolute Gasteiger partial charge is 0.347 e. The van der Waals surface area contributed by atoms with Gasteiger partial charge in [0, 0.05) is 25.9 Å².